The molecule has 0 radical (unpaired) electrons. The van der Waals surface area contributed by atoms with Crippen molar-refractivity contribution in [1.29, 1.82) is 0 Å². The maximum Gasteiger partial charge on any atom is 0.426 e. The topological polar surface area (TPSA) is 18.5 Å². The quantitative estimate of drug-likeness (QED) is 0.120. The number of ether oxygens (including phenoxy) is 2. The Morgan fingerprint density at radius 3 is 1.71 bits per heavy atom. The molecule has 1 fully saturated rings. The third-order valence-electron chi connectivity index (χ3n) is 7.67. The Bertz CT molecular complexity index is 1250. The summed E-state index contributed by atoms with van der Waals surface area (Å²) in [6.07, 6.45) is 2.86. The van der Waals surface area contributed by atoms with Crippen LogP contribution in [0.3, 0.4) is 0 Å². The van der Waals surface area contributed by atoms with Crippen molar-refractivity contribution in [3.8, 4) is 11.5 Å². The summed E-state index contributed by atoms with van der Waals surface area (Å²) in [6, 6.07) is 9.96. The van der Waals surface area contributed by atoms with Gasteiger partial charge in [0, 0.05) is 12.1 Å². The van der Waals surface area contributed by atoms with E-state index in [0.29, 0.717) is 5.92 Å². The second-order valence-electron chi connectivity index (χ2n) is 10.7. The molecule has 0 atom stereocenters. The van der Waals surface area contributed by atoms with Crippen molar-refractivity contribution in [2.75, 3.05) is 0 Å². The molecule has 0 aliphatic heterocycles. The maximum absolute atomic E-state index is 14.9. The molecule has 0 saturated heterocycles. The van der Waals surface area contributed by atoms with Gasteiger partial charge in [-0.05, 0) is 79.5 Å². The summed E-state index contributed by atoms with van der Waals surface area (Å²) >= 11 is 0. The molecule has 1 saturated carbocycles. The molecule has 0 amide bonds. The molecular formula is C32H33F7O2. The van der Waals surface area contributed by atoms with Crippen LogP contribution in [0.5, 0.6) is 11.5 Å². The van der Waals surface area contributed by atoms with Crippen molar-refractivity contribution >= 4 is 0 Å². The van der Waals surface area contributed by atoms with E-state index in [1.165, 1.54) is 44.2 Å². The molecule has 0 aromatic heterocycles. The number of alkyl halides is 4. The predicted octanol–water partition coefficient (Wildman–Crippen LogP) is 10.6. The van der Waals surface area contributed by atoms with E-state index >= 15 is 0 Å². The second kappa shape index (κ2) is 13.2. The average Bonchev–Trinajstić information content (AvgIpc) is 2.94. The van der Waals surface area contributed by atoms with E-state index in [0.717, 1.165) is 61.4 Å². The molecule has 0 bridgehead atoms. The zero-order valence-corrected chi connectivity index (χ0v) is 22.8. The largest absolute Gasteiger partial charge is 0.429 e. The molecular weight excluding hydrogens is 549 g/mol. The molecule has 1 aliphatic carbocycles. The Morgan fingerprint density at radius 1 is 0.659 bits per heavy atom. The minimum Gasteiger partial charge on any atom is -0.429 e. The van der Waals surface area contributed by atoms with Crippen LogP contribution in [-0.2, 0) is 12.2 Å². The summed E-state index contributed by atoms with van der Waals surface area (Å²) in [5.74, 6) is -5.47. The van der Waals surface area contributed by atoms with Gasteiger partial charge >= 0.3 is 12.2 Å². The van der Waals surface area contributed by atoms with Crippen LogP contribution in [0.2, 0.25) is 0 Å². The molecule has 3 aromatic carbocycles. The first-order chi connectivity index (χ1) is 19.5. The van der Waals surface area contributed by atoms with Gasteiger partial charge in [-0.2, -0.15) is 17.6 Å². The Labute approximate surface area is 235 Å². The molecule has 0 unspecified atom stereocenters. The lowest BCUT2D eigenvalue weighted by molar-refractivity contribution is -0.187. The van der Waals surface area contributed by atoms with E-state index < -0.39 is 41.0 Å². The van der Waals surface area contributed by atoms with E-state index in [9.17, 15) is 30.7 Å². The summed E-state index contributed by atoms with van der Waals surface area (Å²) in [5, 5.41) is 0. The fourth-order valence-corrected chi connectivity index (χ4v) is 5.32. The highest BCUT2D eigenvalue weighted by atomic mass is 19.3. The fraction of sp³-hybridized carbons (Fsp3) is 0.438. The standard InChI is InChI=1S/C32H33F7O2/c1-2-3-4-5-6-21-7-9-22(10-8-21)23-11-13-24(14-12-23)31(36,37)40-26-17-15-25(16-18-26)32(38,39)41-27-19-28(33)30(35)29(34)20-27/h11-22H,2-10H2,1H3. The molecule has 2 nitrogen and oxygen atoms in total. The minimum absolute atomic E-state index is 0.274. The number of hydrogen-bond donors (Lipinski definition) is 0. The molecule has 1 aliphatic rings. The van der Waals surface area contributed by atoms with Gasteiger partial charge in [-0.25, -0.2) is 13.2 Å². The summed E-state index contributed by atoms with van der Waals surface area (Å²) in [4.78, 5) is 0. The molecule has 41 heavy (non-hydrogen) atoms. The van der Waals surface area contributed by atoms with Gasteiger partial charge in [-0.3, -0.25) is 0 Å². The Morgan fingerprint density at radius 2 is 1.17 bits per heavy atom. The third kappa shape index (κ3) is 7.95. The minimum atomic E-state index is -4.10. The summed E-state index contributed by atoms with van der Waals surface area (Å²) in [5.41, 5.74) is -0.149. The van der Waals surface area contributed by atoms with Crippen molar-refractivity contribution in [2.24, 2.45) is 5.92 Å². The van der Waals surface area contributed by atoms with Crippen LogP contribution in [0.1, 0.15) is 87.3 Å². The zero-order chi connectivity index (χ0) is 29.6. The lowest BCUT2D eigenvalue weighted by Crippen LogP contribution is -2.23. The van der Waals surface area contributed by atoms with Crippen LogP contribution in [-0.4, -0.2) is 0 Å². The second-order valence-corrected chi connectivity index (χ2v) is 10.7. The van der Waals surface area contributed by atoms with E-state index in [1.807, 2.05) is 0 Å². The molecule has 0 N–H and O–H groups in total. The Balaban J connectivity index is 1.33. The number of rotatable bonds is 12. The highest BCUT2D eigenvalue weighted by molar-refractivity contribution is 5.33. The summed E-state index contributed by atoms with van der Waals surface area (Å²) in [6.45, 7) is 2.20. The van der Waals surface area contributed by atoms with Gasteiger partial charge in [0.2, 0.25) is 0 Å². The summed E-state index contributed by atoms with van der Waals surface area (Å²) < 4.78 is 108. The van der Waals surface area contributed by atoms with Gasteiger partial charge in [-0.15, -0.1) is 0 Å². The molecule has 0 heterocycles. The lowest BCUT2D eigenvalue weighted by atomic mass is 9.77. The van der Waals surface area contributed by atoms with E-state index in [1.54, 1.807) is 12.1 Å². The predicted molar refractivity (Wildman–Crippen MR) is 142 cm³/mol. The van der Waals surface area contributed by atoms with Gasteiger partial charge in [-0.1, -0.05) is 51.2 Å². The number of unbranched alkanes of at least 4 members (excludes halogenated alkanes) is 3. The Hall–Kier alpha value is -3.23. The van der Waals surface area contributed by atoms with Gasteiger partial charge in [0.15, 0.2) is 17.5 Å². The van der Waals surface area contributed by atoms with Crippen LogP contribution in [0.25, 0.3) is 0 Å². The van der Waals surface area contributed by atoms with Gasteiger partial charge in [0.25, 0.3) is 0 Å². The van der Waals surface area contributed by atoms with Gasteiger partial charge < -0.3 is 9.47 Å². The molecule has 222 valence electrons. The Kier molecular flexibility index (Phi) is 9.87. The molecule has 9 heteroatoms. The molecule has 4 rings (SSSR count). The highest BCUT2D eigenvalue weighted by Crippen LogP contribution is 2.40. The first kappa shape index (κ1) is 30.7. The van der Waals surface area contributed by atoms with Crippen LogP contribution in [0.4, 0.5) is 30.7 Å². The monoisotopic (exact) mass is 582 g/mol. The third-order valence-corrected chi connectivity index (χ3v) is 7.67. The first-order valence-electron chi connectivity index (χ1n) is 14.0. The molecule has 3 aromatic rings. The normalized spacial score (nSPS) is 17.9. The van der Waals surface area contributed by atoms with Crippen molar-refractivity contribution in [3.05, 3.63) is 94.8 Å². The van der Waals surface area contributed by atoms with E-state index in [-0.39, 0.29) is 23.4 Å². The SMILES string of the molecule is CCCCCCC1CCC(c2ccc(C(F)(F)Oc3ccc(C(F)(F)Oc4cc(F)c(F)c(F)c4)cc3)cc2)CC1. The van der Waals surface area contributed by atoms with Crippen LogP contribution in [0, 0.1) is 23.4 Å². The van der Waals surface area contributed by atoms with E-state index in [4.69, 9.17) is 4.74 Å². The maximum atomic E-state index is 14.9. The van der Waals surface area contributed by atoms with Crippen molar-refractivity contribution < 1.29 is 40.2 Å². The van der Waals surface area contributed by atoms with Crippen molar-refractivity contribution in [3.63, 3.8) is 0 Å². The zero-order valence-electron chi connectivity index (χ0n) is 22.8. The highest BCUT2D eigenvalue weighted by Gasteiger charge is 2.37. The van der Waals surface area contributed by atoms with Gasteiger partial charge in [0.05, 0.1) is 11.1 Å². The number of benzene rings is 3. The van der Waals surface area contributed by atoms with Crippen molar-refractivity contribution in [1.82, 2.24) is 0 Å². The number of hydrogen-bond acceptors (Lipinski definition) is 2. The number of halogens is 7. The van der Waals surface area contributed by atoms with Crippen LogP contribution >= 0.6 is 0 Å². The van der Waals surface area contributed by atoms with Gasteiger partial charge in [0.1, 0.15) is 11.5 Å². The van der Waals surface area contributed by atoms with Crippen LogP contribution in [0.15, 0.2) is 60.7 Å². The lowest BCUT2D eigenvalue weighted by Gasteiger charge is -2.29. The smallest absolute Gasteiger partial charge is 0.426 e. The van der Waals surface area contributed by atoms with Crippen molar-refractivity contribution in [2.45, 2.75) is 82.8 Å². The fourth-order valence-electron chi connectivity index (χ4n) is 5.32. The first-order valence-corrected chi connectivity index (χ1v) is 14.0. The summed E-state index contributed by atoms with van der Waals surface area (Å²) in [7, 11) is 0. The van der Waals surface area contributed by atoms with E-state index in [2.05, 4.69) is 11.7 Å². The van der Waals surface area contributed by atoms with Crippen LogP contribution < -0.4 is 9.47 Å². The molecule has 0 spiro atoms. The average molecular weight is 583 g/mol.